The van der Waals surface area contributed by atoms with Crippen LogP contribution in [0, 0.1) is 10.8 Å². The molecule has 2 aliphatic heterocycles. The highest BCUT2D eigenvalue weighted by atomic mass is 32.2. The third-order valence-electron chi connectivity index (χ3n) is 12.0. The quantitative estimate of drug-likeness (QED) is 0.109. The molecule has 2 spiro atoms. The Balaban J connectivity index is 0.000000186. The van der Waals surface area contributed by atoms with Gasteiger partial charge in [0.1, 0.15) is 0 Å². The van der Waals surface area contributed by atoms with Crippen molar-refractivity contribution in [2.75, 3.05) is 14.2 Å². The summed E-state index contributed by atoms with van der Waals surface area (Å²) in [7, 11) is 1.94. The van der Waals surface area contributed by atoms with Gasteiger partial charge in [-0.15, -0.1) is 23.5 Å². The van der Waals surface area contributed by atoms with E-state index in [-0.39, 0.29) is 25.7 Å². The highest BCUT2D eigenvalue weighted by Crippen LogP contribution is 2.70. The van der Waals surface area contributed by atoms with Crippen LogP contribution in [-0.2, 0) is 28.7 Å². The first kappa shape index (κ1) is 46.1. The largest absolute Gasteiger partial charge is 0.468 e. The normalized spacial score (nSPS) is 30.3. The van der Waals surface area contributed by atoms with E-state index in [0.717, 1.165) is 24.0 Å². The van der Waals surface area contributed by atoms with E-state index >= 15 is 0 Å². The molecule has 4 aliphatic rings. The molecule has 2 saturated carbocycles. The number of aliphatic hydroxyl groups excluding tert-OH is 2. The van der Waals surface area contributed by atoms with Gasteiger partial charge in [-0.2, -0.15) is 26.3 Å². The summed E-state index contributed by atoms with van der Waals surface area (Å²) < 4.78 is 85.2. The van der Waals surface area contributed by atoms with Crippen molar-refractivity contribution in [2.24, 2.45) is 10.8 Å². The molecule has 2 fully saturated rings. The molecule has 4 aromatic rings. The Morgan fingerprint density at radius 1 is 0.565 bits per heavy atom. The van der Waals surface area contributed by atoms with Gasteiger partial charge in [0.2, 0.25) is 0 Å². The number of carbonyl (C=O) groups excluding carboxylic acids is 4. The number of ether oxygens (including phenoxy) is 2. The highest BCUT2D eigenvalue weighted by molar-refractivity contribution is 8.03. The van der Waals surface area contributed by atoms with Gasteiger partial charge in [0.25, 0.3) is 0 Å². The fourth-order valence-corrected chi connectivity index (χ4v) is 14.6. The van der Waals surface area contributed by atoms with Crippen LogP contribution in [0.15, 0.2) is 119 Å². The summed E-state index contributed by atoms with van der Waals surface area (Å²) in [4.78, 5) is 54.5. The number of thioether (sulfide) groups is 4. The van der Waals surface area contributed by atoms with E-state index in [1.807, 2.05) is 12.1 Å². The maximum Gasteiger partial charge on any atom is 0.443 e. The van der Waals surface area contributed by atoms with Gasteiger partial charge >= 0.3 is 23.0 Å². The summed E-state index contributed by atoms with van der Waals surface area (Å²) in [5.41, 5.74) is -10.5. The molecule has 2 aliphatic carbocycles. The number of fused-ring (bicyclic) bond motifs is 2. The van der Waals surface area contributed by atoms with Crippen LogP contribution in [0.25, 0.3) is 0 Å². The number of carbonyl (C=O) groups is 4. The lowest BCUT2D eigenvalue weighted by Crippen LogP contribution is -2.51. The number of esters is 2. The summed E-state index contributed by atoms with van der Waals surface area (Å²) in [5, 5.41) is 21.5. The number of hydrogen-bond acceptors (Lipinski definition) is 12. The van der Waals surface area contributed by atoms with Crippen molar-refractivity contribution in [3.8, 4) is 0 Å². The van der Waals surface area contributed by atoms with Gasteiger partial charge in [0.05, 0.1) is 37.3 Å². The van der Waals surface area contributed by atoms with Crippen molar-refractivity contribution in [2.45, 2.75) is 78.7 Å². The third kappa shape index (κ3) is 7.75. The third-order valence-corrected chi connectivity index (χ3v) is 17.4. The predicted molar refractivity (Wildman–Crippen MR) is 223 cm³/mol. The lowest BCUT2D eigenvalue weighted by molar-refractivity contribution is -0.151. The van der Waals surface area contributed by atoms with Crippen LogP contribution in [0.4, 0.5) is 26.3 Å². The molecular formula is C44H38F6O8S4. The van der Waals surface area contributed by atoms with Crippen molar-refractivity contribution in [1.82, 2.24) is 0 Å². The smallest absolute Gasteiger partial charge is 0.443 e. The first-order chi connectivity index (χ1) is 29.3. The summed E-state index contributed by atoms with van der Waals surface area (Å²) in [6.45, 7) is 0. The van der Waals surface area contributed by atoms with E-state index in [4.69, 9.17) is 0 Å². The van der Waals surface area contributed by atoms with Crippen molar-refractivity contribution in [1.29, 1.82) is 0 Å². The van der Waals surface area contributed by atoms with Crippen molar-refractivity contribution >= 4 is 70.6 Å². The predicted octanol–water partition coefficient (Wildman–Crippen LogP) is 10.2. The van der Waals surface area contributed by atoms with Crippen molar-refractivity contribution in [3.05, 3.63) is 131 Å². The molecule has 8 atom stereocenters. The van der Waals surface area contributed by atoms with E-state index in [1.54, 1.807) is 97.1 Å². The second-order valence-corrected chi connectivity index (χ2v) is 20.2. The van der Waals surface area contributed by atoms with Crippen LogP contribution in [0.5, 0.6) is 0 Å². The van der Waals surface area contributed by atoms with Gasteiger partial charge in [0, 0.05) is 20.3 Å². The van der Waals surface area contributed by atoms with Crippen LogP contribution in [0.1, 0.15) is 70.6 Å². The minimum atomic E-state index is -4.83. The van der Waals surface area contributed by atoms with Gasteiger partial charge in [-0.25, -0.2) is 0 Å². The zero-order valence-electron chi connectivity index (χ0n) is 32.8. The zero-order chi connectivity index (χ0) is 44.9. The standard InChI is InChI=1S/2C22H19F3O4S2/c2*1-29-19(28)21(31-22(23,24)25)12-11-20(18(21)27)16(26)14-9-5-6-10-15(14)30-17(20)13-7-3-2-4-8-13/h2*2-10,16-17,26H,11-12H2,1H3/t2*16-,17-,20+,21-/m00/s1. The number of ketones is 2. The minimum absolute atomic E-state index is 0.0773. The number of alkyl halides is 6. The number of halogens is 6. The molecule has 4 aromatic carbocycles. The average molecular weight is 937 g/mol. The van der Waals surface area contributed by atoms with E-state index in [9.17, 15) is 55.7 Å². The number of hydrogen-bond donors (Lipinski definition) is 2. The molecule has 8 nitrogen and oxygen atoms in total. The number of Topliss-reactive ketones (excluding diaryl/α,β-unsaturated/α-hetero) is 2. The molecule has 18 heteroatoms. The fourth-order valence-electron chi connectivity index (χ4n) is 9.31. The SMILES string of the molecule is COC(=O)[C@]1(SC(F)(F)F)CC[C@@]2(C1=O)[C@@H](O)c1ccccc1S[C@H]2c1ccccc1.COC(=O)[C@]1(SC(F)(F)F)CC[C@@]2(C1=O)[C@@H](O)c1ccccc1S[C@H]2c1ccccc1. The summed E-state index contributed by atoms with van der Waals surface area (Å²) in [5.74, 6) is -4.34. The Labute approximate surface area is 369 Å². The van der Waals surface area contributed by atoms with E-state index < -0.39 is 101 Å². The minimum Gasteiger partial charge on any atom is -0.468 e. The molecule has 328 valence electrons. The molecule has 0 unspecified atom stereocenters. The van der Waals surface area contributed by atoms with Crippen LogP contribution in [0.2, 0.25) is 0 Å². The zero-order valence-corrected chi connectivity index (χ0v) is 36.0. The molecule has 62 heavy (non-hydrogen) atoms. The van der Waals surface area contributed by atoms with Crippen LogP contribution in [-0.4, -0.2) is 68.4 Å². The Hall–Kier alpha value is -3.94. The summed E-state index contributed by atoms with van der Waals surface area (Å²) >= 11 is 1.37. The van der Waals surface area contributed by atoms with Gasteiger partial charge < -0.3 is 19.7 Å². The fraction of sp³-hybridized carbons (Fsp3) is 0.364. The Morgan fingerprint density at radius 3 is 1.21 bits per heavy atom. The Morgan fingerprint density at radius 2 is 0.887 bits per heavy atom. The number of benzene rings is 4. The molecule has 0 radical (unpaired) electrons. The van der Waals surface area contributed by atoms with Gasteiger partial charge in [-0.3, -0.25) is 19.2 Å². The molecule has 8 rings (SSSR count). The van der Waals surface area contributed by atoms with Crippen LogP contribution in [0.3, 0.4) is 0 Å². The van der Waals surface area contributed by atoms with Gasteiger partial charge in [-0.1, -0.05) is 97.1 Å². The maximum absolute atomic E-state index is 13.9. The second kappa shape index (κ2) is 17.2. The van der Waals surface area contributed by atoms with Gasteiger partial charge in [-0.05, 0) is 83.6 Å². The van der Waals surface area contributed by atoms with Crippen molar-refractivity contribution < 1.29 is 65.2 Å². The van der Waals surface area contributed by atoms with E-state index in [2.05, 4.69) is 9.47 Å². The highest BCUT2D eigenvalue weighted by Gasteiger charge is 2.72. The average Bonchev–Trinajstić information content (AvgIpc) is 3.70. The molecule has 0 saturated heterocycles. The maximum atomic E-state index is 13.9. The topological polar surface area (TPSA) is 127 Å². The van der Waals surface area contributed by atoms with Crippen LogP contribution >= 0.6 is 47.0 Å². The van der Waals surface area contributed by atoms with E-state index in [1.165, 1.54) is 23.5 Å². The summed E-state index contributed by atoms with van der Waals surface area (Å²) in [6.07, 6.45) is -3.61. The molecule has 2 N–H and O–H groups in total. The summed E-state index contributed by atoms with van der Waals surface area (Å²) in [6, 6.07) is 31.8. The van der Waals surface area contributed by atoms with Crippen LogP contribution < -0.4 is 0 Å². The van der Waals surface area contributed by atoms with Crippen molar-refractivity contribution in [3.63, 3.8) is 0 Å². The monoisotopic (exact) mass is 936 g/mol. The Kier molecular flexibility index (Phi) is 12.8. The second-order valence-electron chi connectivity index (χ2n) is 15.2. The lowest BCUT2D eigenvalue weighted by atomic mass is 9.70. The molecular weight excluding hydrogens is 899 g/mol. The van der Waals surface area contributed by atoms with Gasteiger partial charge in [0.15, 0.2) is 21.1 Å². The molecule has 0 bridgehead atoms. The number of rotatable bonds is 6. The first-order valence-corrected chi connectivity index (χ1v) is 22.5. The molecule has 2 heterocycles. The number of aliphatic hydroxyl groups is 2. The molecule has 0 aromatic heterocycles. The molecule has 0 amide bonds. The first-order valence-electron chi connectivity index (χ1n) is 19.1. The Bertz CT molecular complexity index is 2190. The van der Waals surface area contributed by atoms with E-state index in [0.29, 0.717) is 22.3 Å². The number of methoxy groups -OCH3 is 2. The lowest BCUT2D eigenvalue weighted by Gasteiger charge is -2.45.